The Kier molecular flexibility index (Phi) is 6.45. The molecule has 4 aromatic rings. The molecular weight excluding hydrogens is 498 g/mol. The van der Waals surface area contributed by atoms with Crippen molar-refractivity contribution in [3.8, 4) is 0 Å². The van der Waals surface area contributed by atoms with Crippen molar-refractivity contribution in [1.29, 1.82) is 0 Å². The summed E-state index contributed by atoms with van der Waals surface area (Å²) in [4.78, 5) is 43.5. The van der Waals surface area contributed by atoms with Crippen LogP contribution in [-0.2, 0) is 9.53 Å². The van der Waals surface area contributed by atoms with Gasteiger partial charge in [0.2, 0.25) is 0 Å². The summed E-state index contributed by atoms with van der Waals surface area (Å²) in [6.45, 7) is 1.92. The van der Waals surface area contributed by atoms with Gasteiger partial charge in [-0.3, -0.25) is 19.5 Å². The zero-order chi connectivity index (χ0) is 25.2. The van der Waals surface area contributed by atoms with Crippen molar-refractivity contribution >= 4 is 46.1 Å². The number of carbonyl (C=O) groups excluding carboxylic acids is 1. The summed E-state index contributed by atoms with van der Waals surface area (Å²) in [5.74, 6) is -0.525. The minimum absolute atomic E-state index is 0.0297. The monoisotopic (exact) mass is 517 g/mol. The van der Waals surface area contributed by atoms with E-state index in [1.807, 2.05) is 47.8 Å². The molecule has 10 heteroatoms. The summed E-state index contributed by atoms with van der Waals surface area (Å²) in [6.07, 6.45) is 1.68. The first-order valence-corrected chi connectivity index (χ1v) is 12.7. The number of nitro benzene ring substituents is 1. The first kappa shape index (κ1) is 23.6. The number of benzene rings is 2. The molecular formula is C26H19N3O5S2. The molecule has 0 bridgehead atoms. The summed E-state index contributed by atoms with van der Waals surface area (Å²) in [7, 11) is 0. The molecule has 0 amide bonds. The molecule has 0 saturated heterocycles. The van der Waals surface area contributed by atoms with Crippen LogP contribution in [0.25, 0.3) is 11.8 Å². The van der Waals surface area contributed by atoms with Crippen LogP contribution < -0.4 is 14.9 Å². The number of nitrogens with zero attached hydrogens (tertiary/aromatic N) is 3. The fraction of sp³-hybridized carbons (Fsp3) is 0.115. The molecule has 180 valence electrons. The number of thiazole rings is 1. The van der Waals surface area contributed by atoms with Gasteiger partial charge in [-0.25, -0.2) is 9.79 Å². The minimum Gasteiger partial charge on any atom is -0.463 e. The molecule has 3 heterocycles. The van der Waals surface area contributed by atoms with Gasteiger partial charge in [-0.2, -0.15) is 0 Å². The average Bonchev–Trinajstić information content (AvgIpc) is 3.52. The lowest BCUT2D eigenvalue weighted by molar-refractivity contribution is -0.384. The number of thiophene rings is 1. The first-order chi connectivity index (χ1) is 17.5. The van der Waals surface area contributed by atoms with Crippen molar-refractivity contribution in [2.24, 2.45) is 4.99 Å². The SMILES string of the molecule is CCOC(=O)C1=C(c2ccccc2)N=c2sc(=Cc3ccc([N+](=O)[O-])cc3)c(=O)n2C1c1cccs1. The summed E-state index contributed by atoms with van der Waals surface area (Å²) in [5.41, 5.74) is 1.83. The second-order valence-electron chi connectivity index (χ2n) is 7.80. The van der Waals surface area contributed by atoms with E-state index in [2.05, 4.69) is 0 Å². The fourth-order valence-electron chi connectivity index (χ4n) is 4.00. The third-order valence-electron chi connectivity index (χ3n) is 5.59. The van der Waals surface area contributed by atoms with Crippen LogP contribution in [0.5, 0.6) is 0 Å². The van der Waals surface area contributed by atoms with Gasteiger partial charge in [0.05, 0.1) is 27.3 Å². The van der Waals surface area contributed by atoms with Crippen molar-refractivity contribution in [1.82, 2.24) is 4.57 Å². The second-order valence-corrected chi connectivity index (χ2v) is 9.78. The molecule has 0 spiro atoms. The van der Waals surface area contributed by atoms with Gasteiger partial charge in [0.25, 0.3) is 11.2 Å². The Hall–Kier alpha value is -4.15. The molecule has 2 aromatic heterocycles. The highest BCUT2D eigenvalue weighted by Gasteiger charge is 2.35. The van der Waals surface area contributed by atoms with Crippen molar-refractivity contribution in [2.75, 3.05) is 6.61 Å². The Morgan fingerprint density at radius 1 is 1.14 bits per heavy atom. The van der Waals surface area contributed by atoms with E-state index in [9.17, 15) is 19.7 Å². The molecule has 36 heavy (non-hydrogen) atoms. The van der Waals surface area contributed by atoms with Crippen LogP contribution >= 0.6 is 22.7 Å². The minimum atomic E-state index is -0.700. The lowest BCUT2D eigenvalue weighted by Gasteiger charge is -2.24. The standard InChI is InChI=1S/C26H19N3O5S2/c1-2-34-25(31)21-22(17-7-4-3-5-8-17)27-26-28(23(21)19-9-6-14-35-19)24(30)20(36-26)15-16-10-12-18(13-11-16)29(32)33/h3-15,23H,2H2,1H3. The van der Waals surface area contributed by atoms with Crippen molar-refractivity contribution in [2.45, 2.75) is 13.0 Å². The van der Waals surface area contributed by atoms with Gasteiger partial charge in [0, 0.05) is 22.6 Å². The van der Waals surface area contributed by atoms with Crippen LogP contribution in [0.4, 0.5) is 5.69 Å². The van der Waals surface area contributed by atoms with E-state index in [1.165, 1.54) is 39.4 Å². The number of rotatable bonds is 6. The maximum atomic E-state index is 13.7. The number of hydrogen-bond donors (Lipinski definition) is 0. The number of non-ortho nitro benzene ring substituents is 1. The van der Waals surface area contributed by atoms with Gasteiger partial charge in [-0.15, -0.1) is 11.3 Å². The highest BCUT2D eigenvalue weighted by molar-refractivity contribution is 7.10. The summed E-state index contributed by atoms with van der Waals surface area (Å²) >= 11 is 2.65. The third kappa shape index (κ3) is 4.32. The van der Waals surface area contributed by atoms with E-state index in [-0.39, 0.29) is 17.9 Å². The van der Waals surface area contributed by atoms with E-state index in [0.717, 1.165) is 10.4 Å². The average molecular weight is 518 g/mol. The van der Waals surface area contributed by atoms with Crippen LogP contribution in [-0.4, -0.2) is 22.1 Å². The smallest absolute Gasteiger partial charge is 0.338 e. The Morgan fingerprint density at radius 2 is 1.89 bits per heavy atom. The summed E-state index contributed by atoms with van der Waals surface area (Å²) < 4.78 is 7.36. The van der Waals surface area contributed by atoms with Gasteiger partial charge in [0.15, 0.2) is 4.80 Å². The largest absolute Gasteiger partial charge is 0.463 e. The van der Waals surface area contributed by atoms with Crippen molar-refractivity contribution < 1.29 is 14.5 Å². The van der Waals surface area contributed by atoms with E-state index >= 15 is 0 Å². The highest BCUT2D eigenvalue weighted by atomic mass is 32.1. The molecule has 8 nitrogen and oxygen atoms in total. The number of aromatic nitrogens is 1. The van der Waals surface area contributed by atoms with Crippen LogP contribution in [0.2, 0.25) is 0 Å². The van der Waals surface area contributed by atoms with E-state index in [1.54, 1.807) is 25.1 Å². The lowest BCUT2D eigenvalue weighted by atomic mass is 9.97. The number of hydrogen-bond acceptors (Lipinski definition) is 8. The van der Waals surface area contributed by atoms with Gasteiger partial charge in [0.1, 0.15) is 6.04 Å². The molecule has 2 aromatic carbocycles. The highest BCUT2D eigenvalue weighted by Crippen LogP contribution is 2.36. The van der Waals surface area contributed by atoms with E-state index < -0.39 is 16.9 Å². The van der Waals surface area contributed by atoms with Gasteiger partial charge >= 0.3 is 5.97 Å². The quantitative estimate of drug-likeness (QED) is 0.219. The van der Waals surface area contributed by atoms with Gasteiger partial charge in [-0.1, -0.05) is 47.7 Å². The molecule has 5 rings (SSSR count). The Morgan fingerprint density at radius 3 is 2.53 bits per heavy atom. The molecule has 0 radical (unpaired) electrons. The lowest BCUT2D eigenvalue weighted by Crippen LogP contribution is -2.39. The maximum absolute atomic E-state index is 13.7. The number of ether oxygens (including phenoxy) is 1. The van der Waals surface area contributed by atoms with Crippen molar-refractivity contribution in [3.05, 3.63) is 123 Å². The predicted molar refractivity (Wildman–Crippen MR) is 138 cm³/mol. The molecule has 0 saturated carbocycles. The second kappa shape index (κ2) is 9.84. The van der Waals surface area contributed by atoms with Gasteiger partial charge < -0.3 is 4.74 Å². The van der Waals surface area contributed by atoms with Crippen molar-refractivity contribution in [3.63, 3.8) is 0 Å². The first-order valence-electron chi connectivity index (χ1n) is 11.0. The molecule has 1 unspecified atom stereocenters. The Balaban J connectivity index is 1.76. The van der Waals surface area contributed by atoms with Crippen LogP contribution in [0.1, 0.15) is 29.0 Å². The zero-order valence-electron chi connectivity index (χ0n) is 19.0. The number of fused-ring (bicyclic) bond motifs is 1. The number of esters is 1. The normalized spacial score (nSPS) is 15.4. The van der Waals surface area contributed by atoms with Crippen LogP contribution in [0.15, 0.2) is 87.5 Å². The summed E-state index contributed by atoms with van der Waals surface area (Å²) in [6, 6.07) is 18.4. The molecule has 1 aliphatic heterocycles. The molecule has 0 N–H and O–H groups in total. The van der Waals surface area contributed by atoms with Crippen LogP contribution in [0, 0.1) is 10.1 Å². The summed E-state index contributed by atoms with van der Waals surface area (Å²) in [5, 5.41) is 12.9. The fourth-order valence-corrected chi connectivity index (χ4v) is 5.82. The third-order valence-corrected chi connectivity index (χ3v) is 7.50. The molecule has 1 aliphatic rings. The van der Waals surface area contributed by atoms with E-state index in [0.29, 0.717) is 26.2 Å². The van der Waals surface area contributed by atoms with Gasteiger partial charge in [-0.05, 0) is 42.1 Å². The molecule has 0 aliphatic carbocycles. The number of carbonyl (C=O) groups is 1. The number of nitro groups is 1. The molecule has 1 atom stereocenters. The Bertz CT molecular complexity index is 1650. The predicted octanol–water partition coefficient (Wildman–Crippen LogP) is 3.91. The van der Waals surface area contributed by atoms with E-state index in [4.69, 9.17) is 9.73 Å². The molecule has 0 fully saturated rings. The zero-order valence-corrected chi connectivity index (χ0v) is 20.6. The maximum Gasteiger partial charge on any atom is 0.338 e. The van der Waals surface area contributed by atoms with Crippen LogP contribution in [0.3, 0.4) is 0 Å². The topological polar surface area (TPSA) is 104 Å². The Labute approximate surface area is 212 Å².